The summed E-state index contributed by atoms with van der Waals surface area (Å²) in [6.45, 7) is 3.81. The van der Waals surface area contributed by atoms with E-state index in [1.54, 1.807) is 4.68 Å². The Morgan fingerprint density at radius 3 is 2.62 bits per heavy atom. The zero-order chi connectivity index (χ0) is 11.7. The quantitative estimate of drug-likeness (QED) is 0.760. The van der Waals surface area contributed by atoms with Crippen molar-refractivity contribution in [3.05, 3.63) is 16.4 Å². The molecule has 5 heteroatoms. The number of nitrogens with zero attached hydrogens (tertiary/aromatic N) is 3. The van der Waals surface area contributed by atoms with Crippen molar-refractivity contribution >= 4 is 23.2 Å². The van der Waals surface area contributed by atoms with Gasteiger partial charge in [-0.15, -0.1) is 11.6 Å². The molecule has 0 bridgehead atoms. The van der Waals surface area contributed by atoms with Crippen LogP contribution < -0.4 is 0 Å². The van der Waals surface area contributed by atoms with Crippen molar-refractivity contribution in [3.8, 4) is 0 Å². The van der Waals surface area contributed by atoms with Crippen molar-refractivity contribution in [3.63, 3.8) is 0 Å². The molecule has 0 N–H and O–H groups in total. The van der Waals surface area contributed by atoms with E-state index in [9.17, 15) is 0 Å². The monoisotopic (exact) mass is 261 g/mol. The minimum absolute atomic E-state index is 0.674. The molecular weight excluding hydrogens is 245 g/mol. The summed E-state index contributed by atoms with van der Waals surface area (Å²) in [5.74, 6) is 0.674. The first-order chi connectivity index (χ1) is 7.63. The Hall–Kier alpha value is -0.250. The van der Waals surface area contributed by atoms with E-state index < -0.39 is 0 Å². The van der Waals surface area contributed by atoms with Crippen LogP contribution in [0.15, 0.2) is 0 Å². The van der Waals surface area contributed by atoms with Gasteiger partial charge in [0.1, 0.15) is 5.15 Å². The van der Waals surface area contributed by atoms with Crippen molar-refractivity contribution in [2.75, 3.05) is 12.4 Å². The number of halogens is 2. The van der Waals surface area contributed by atoms with Gasteiger partial charge >= 0.3 is 0 Å². The zero-order valence-corrected chi connectivity index (χ0v) is 11.2. The van der Waals surface area contributed by atoms with Crippen molar-refractivity contribution in [1.29, 1.82) is 0 Å². The van der Waals surface area contributed by atoms with Crippen LogP contribution in [0.2, 0.25) is 5.15 Å². The van der Waals surface area contributed by atoms with E-state index in [-0.39, 0.29) is 0 Å². The largest absolute Gasteiger partial charge is 0.295 e. The van der Waals surface area contributed by atoms with Crippen molar-refractivity contribution < 1.29 is 0 Å². The molecule has 1 fully saturated rings. The molecule has 2 rings (SSSR count). The molecule has 0 aliphatic heterocycles. The lowest BCUT2D eigenvalue weighted by Gasteiger charge is -2.20. The van der Waals surface area contributed by atoms with E-state index in [1.807, 2.05) is 14.0 Å². The molecule has 3 nitrogen and oxygen atoms in total. The lowest BCUT2D eigenvalue weighted by Crippen LogP contribution is -2.27. The second-order valence-electron chi connectivity index (χ2n) is 4.37. The first kappa shape index (κ1) is 12.2. The minimum Gasteiger partial charge on any atom is -0.295 e. The average molecular weight is 262 g/mol. The predicted molar refractivity (Wildman–Crippen MR) is 67.1 cm³/mol. The molecule has 0 spiro atoms. The molecule has 1 aliphatic rings. The van der Waals surface area contributed by atoms with Crippen LogP contribution in [0.3, 0.4) is 0 Å². The van der Waals surface area contributed by atoms with E-state index in [1.165, 1.54) is 12.8 Å². The van der Waals surface area contributed by atoms with Crippen LogP contribution in [-0.2, 0) is 13.6 Å². The molecule has 1 aromatic rings. The fraction of sp³-hybridized carbons (Fsp3) is 0.727. The second kappa shape index (κ2) is 4.94. The maximum absolute atomic E-state index is 6.22. The molecule has 1 aromatic heterocycles. The van der Waals surface area contributed by atoms with E-state index in [4.69, 9.17) is 23.2 Å². The smallest absolute Gasteiger partial charge is 0.131 e. The number of rotatable bonds is 5. The van der Waals surface area contributed by atoms with Crippen LogP contribution >= 0.6 is 23.2 Å². The number of alkyl halides is 1. The normalized spacial score (nSPS) is 16.1. The summed E-state index contributed by atoms with van der Waals surface area (Å²) in [4.78, 5) is 2.41. The third-order valence-corrected chi connectivity index (χ3v) is 3.71. The van der Waals surface area contributed by atoms with Gasteiger partial charge in [-0.3, -0.25) is 9.58 Å². The van der Waals surface area contributed by atoms with E-state index in [0.717, 1.165) is 29.5 Å². The van der Waals surface area contributed by atoms with Crippen molar-refractivity contribution in [2.24, 2.45) is 7.05 Å². The summed E-state index contributed by atoms with van der Waals surface area (Å²) in [5.41, 5.74) is 2.16. The standard InChI is InChI=1S/C11H17Cl2N3/c1-8-10(11(13)15(2)14-8)7-16(6-5-12)9-3-4-9/h9H,3-7H2,1-2H3. The highest BCUT2D eigenvalue weighted by molar-refractivity contribution is 6.30. The van der Waals surface area contributed by atoms with Gasteiger partial charge in [0, 0.05) is 37.6 Å². The highest BCUT2D eigenvalue weighted by Gasteiger charge is 2.29. The summed E-state index contributed by atoms with van der Waals surface area (Å²) in [7, 11) is 1.88. The molecule has 0 atom stereocenters. The Balaban J connectivity index is 2.11. The van der Waals surface area contributed by atoms with Crippen LogP contribution in [0.1, 0.15) is 24.1 Å². The zero-order valence-electron chi connectivity index (χ0n) is 9.71. The predicted octanol–water partition coefficient (Wildman–Crippen LogP) is 2.59. The van der Waals surface area contributed by atoms with Gasteiger partial charge in [-0.25, -0.2) is 0 Å². The number of hydrogen-bond acceptors (Lipinski definition) is 2. The maximum Gasteiger partial charge on any atom is 0.131 e. The van der Waals surface area contributed by atoms with Gasteiger partial charge in [0.25, 0.3) is 0 Å². The Morgan fingerprint density at radius 1 is 1.50 bits per heavy atom. The highest BCUT2D eigenvalue weighted by Crippen LogP contribution is 2.30. The average Bonchev–Trinajstić information content (AvgIpc) is 3.03. The molecule has 0 aromatic carbocycles. The van der Waals surface area contributed by atoms with E-state index >= 15 is 0 Å². The highest BCUT2D eigenvalue weighted by atomic mass is 35.5. The van der Waals surface area contributed by atoms with Gasteiger partial charge in [0.2, 0.25) is 0 Å². The topological polar surface area (TPSA) is 21.1 Å². The molecule has 1 saturated carbocycles. The van der Waals surface area contributed by atoms with Crippen LogP contribution in [0.5, 0.6) is 0 Å². The Labute approximate surface area is 106 Å². The summed E-state index contributed by atoms with van der Waals surface area (Å²) < 4.78 is 1.73. The lowest BCUT2D eigenvalue weighted by atomic mass is 10.2. The van der Waals surface area contributed by atoms with Gasteiger partial charge < -0.3 is 0 Å². The van der Waals surface area contributed by atoms with Crippen LogP contribution in [0, 0.1) is 6.92 Å². The van der Waals surface area contributed by atoms with Gasteiger partial charge in [-0.05, 0) is 19.8 Å². The van der Waals surface area contributed by atoms with E-state index in [0.29, 0.717) is 11.9 Å². The second-order valence-corrected chi connectivity index (χ2v) is 5.10. The van der Waals surface area contributed by atoms with Crippen LogP contribution in [0.25, 0.3) is 0 Å². The SMILES string of the molecule is Cc1nn(C)c(Cl)c1CN(CCCl)C1CC1. The molecule has 16 heavy (non-hydrogen) atoms. The molecule has 0 unspecified atom stereocenters. The van der Waals surface area contributed by atoms with Crippen LogP contribution in [0.4, 0.5) is 0 Å². The molecule has 1 aliphatic carbocycles. The lowest BCUT2D eigenvalue weighted by molar-refractivity contribution is 0.270. The number of aryl methyl sites for hydroxylation is 2. The Kier molecular flexibility index (Phi) is 3.77. The Morgan fingerprint density at radius 2 is 2.19 bits per heavy atom. The summed E-state index contributed by atoms with van der Waals surface area (Å²) in [6, 6.07) is 0.703. The molecule has 1 heterocycles. The molecule has 0 radical (unpaired) electrons. The third kappa shape index (κ3) is 2.53. The molecular formula is C11H17Cl2N3. The van der Waals surface area contributed by atoms with E-state index in [2.05, 4.69) is 10.00 Å². The fourth-order valence-electron chi connectivity index (χ4n) is 2.00. The summed E-state index contributed by atoms with van der Waals surface area (Å²) in [5, 5.41) is 5.08. The molecule has 0 saturated heterocycles. The third-order valence-electron chi connectivity index (χ3n) is 3.07. The Bertz CT molecular complexity index is 372. The van der Waals surface area contributed by atoms with Gasteiger partial charge in [0.05, 0.1) is 5.69 Å². The summed E-state index contributed by atoms with van der Waals surface area (Å²) >= 11 is 12.0. The first-order valence-electron chi connectivity index (χ1n) is 5.61. The van der Waals surface area contributed by atoms with Crippen LogP contribution in [-0.4, -0.2) is 33.1 Å². The van der Waals surface area contributed by atoms with Crippen molar-refractivity contribution in [1.82, 2.24) is 14.7 Å². The number of aromatic nitrogens is 2. The molecule has 90 valence electrons. The molecule has 0 amide bonds. The number of hydrogen-bond donors (Lipinski definition) is 0. The van der Waals surface area contributed by atoms with Crippen molar-refractivity contribution in [2.45, 2.75) is 32.4 Å². The maximum atomic E-state index is 6.22. The van der Waals surface area contributed by atoms with Gasteiger partial charge in [-0.2, -0.15) is 5.10 Å². The van der Waals surface area contributed by atoms with Gasteiger partial charge in [0.15, 0.2) is 0 Å². The fourth-order valence-corrected chi connectivity index (χ4v) is 2.45. The summed E-state index contributed by atoms with van der Waals surface area (Å²) in [6.07, 6.45) is 2.57. The van der Waals surface area contributed by atoms with Gasteiger partial charge in [-0.1, -0.05) is 11.6 Å². The minimum atomic E-state index is 0.674. The first-order valence-corrected chi connectivity index (χ1v) is 6.52.